The zero-order valence-corrected chi connectivity index (χ0v) is 17.1. The third-order valence-electron chi connectivity index (χ3n) is 4.73. The van der Waals surface area contributed by atoms with Gasteiger partial charge in [0.05, 0.1) is 23.9 Å². The lowest BCUT2D eigenvalue weighted by Gasteiger charge is -2.08. The lowest BCUT2D eigenvalue weighted by molar-refractivity contribution is 0.0844. The van der Waals surface area contributed by atoms with E-state index in [-0.39, 0.29) is 11.1 Å². The van der Waals surface area contributed by atoms with Crippen molar-refractivity contribution in [2.75, 3.05) is 7.11 Å². The smallest absolute Gasteiger partial charge is 0.273 e. The fourth-order valence-electron chi connectivity index (χ4n) is 3.13. The van der Waals surface area contributed by atoms with Crippen LogP contribution >= 0.6 is 0 Å². The van der Waals surface area contributed by atoms with Crippen LogP contribution in [0.2, 0.25) is 0 Å². The number of amides is 2. The van der Waals surface area contributed by atoms with E-state index in [2.05, 4.69) is 16.0 Å². The van der Waals surface area contributed by atoms with E-state index in [1.54, 1.807) is 42.3 Å². The standard InChI is InChI=1S/C24H19FN4O3/c1-32-18-11-7-8-16(14-18)22-20(15-29(28-22)17-9-3-2-4-10-17)24(31)27-26-23(30)19-12-5-6-13-21(19)25/h2-15H,1H3,(H,26,30)(H,27,31). The van der Waals surface area contributed by atoms with Gasteiger partial charge >= 0.3 is 0 Å². The lowest BCUT2D eigenvalue weighted by atomic mass is 10.1. The van der Waals surface area contributed by atoms with Crippen molar-refractivity contribution < 1.29 is 18.7 Å². The maximum Gasteiger partial charge on any atom is 0.273 e. The molecule has 0 aliphatic heterocycles. The molecule has 0 saturated heterocycles. The fourth-order valence-corrected chi connectivity index (χ4v) is 3.13. The van der Waals surface area contributed by atoms with Crippen molar-refractivity contribution >= 4 is 11.8 Å². The Bertz CT molecular complexity index is 1270. The van der Waals surface area contributed by atoms with Crippen LogP contribution in [0.25, 0.3) is 16.9 Å². The number of halogens is 1. The van der Waals surface area contributed by atoms with E-state index in [0.29, 0.717) is 17.0 Å². The number of benzene rings is 3. The molecule has 0 fully saturated rings. The summed E-state index contributed by atoms with van der Waals surface area (Å²) in [5.41, 5.74) is 6.43. The van der Waals surface area contributed by atoms with E-state index >= 15 is 0 Å². The Balaban J connectivity index is 1.65. The molecule has 0 aliphatic rings. The van der Waals surface area contributed by atoms with Crippen LogP contribution in [0.5, 0.6) is 5.75 Å². The van der Waals surface area contributed by atoms with Crippen LogP contribution in [0.1, 0.15) is 20.7 Å². The summed E-state index contributed by atoms with van der Waals surface area (Å²) < 4.78 is 20.7. The zero-order chi connectivity index (χ0) is 22.5. The Kier molecular flexibility index (Phi) is 5.94. The molecule has 2 amide bonds. The van der Waals surface area contributed by atoms with Gasteiger partial charge in [0.15, 0.2) is 0 Å². The van der Waals surface area contributed by atoms with Crippen LogP contribution in [0, 0.1) is 5.82 Å². The van der Waals surface area contributed by atoms with Crippen molar-refractivity contribution in [1.29, 1.82) is 0 Å². The maximum atomic E-state index is 13.8. The van der Waals surface area contributed by atoms with E-state index in [0.717, 1.165) is 5.69 Å². The third-order valence-corrected chi connectivity index (χ3v) is 4.73. The Labute approximate surface area is 183 Å². The number of hydrogen-bond acceptors (Lipinski definition) is 4. The van der Waals surface area contributed by atoms with Gasteiger partial charge in [-0.05, 0) is 36.4 Å². The number of nitrogens with zero attached hydrogens (tertiary/aromatic N) is 2. The van der Waals surface area contributed by atoms with Gasteiger partial charge in [0.1, 0.15) is 17.3 Å². The number of carbonyl (C=O) groups excluding carboxylic acids is 2. The monoisotopic (exact) mass is 430 g/mol. The Morgan fingerprint density at radius 1 is 0.875 bits per heavy atom. The van der Waals surface area contributed by atoms with Gasteiger partial charge in [0.25, 0.3) is 11.8 Å². The lowest BCUT2D eigenvalue weighted by Crippen LogP contribution is -2.42. The molecule has 0 radical (unpaired) electrons. The molecule has 8 heteroatoms. The molecule has 32 heavy (non-hydrogen) atoms. The average molecular weight is 430 g/mol. The summed E-state index contributed by atoms with van der Waals surface area (Å²) in [6.45, 7) is 0. The molecule has 7 nitrogen and oxygen atoms in total. The Morgan fingerprint density at radius 3 is 2.28 bits per heavy atom. The number of nitrogens with one attached hydrogen (secondary N) is 2. The molecule has 4 rings (SSSR count). The van der Waals surface area contributed by atoms with Crippen molar-refractivity contribution in [2.45, 2.75) is 0 Å². The molecule has 0 bridgehead atoms. The SMILES string of the molecule is COc1cccc(-c2nn(-c3ccccc3)cc2C(=O)NNC(=O)c2ccccc2F)c1. The summed E-state index contributed by atoms with van der Waals surface area (Å²) in [5.74, 6) is -1.45. The van der Waals surface area contributed by atoms with Crippen LogP contribution in [0.3, 0.4) is 0 Å². The van der Waals surface area contributed by atoms with Crippen molar-refractivity contribution in [3.63, 3.8) is 0 Å². The molecule has 3 aromatic carbocycles. The van der Waals surface area contributed by atoms with Gasteiger partial charge in [-0.15, -0.1) is 0 Å². The van der Waals surface area contributed by atoms with Gasteiger partial charge in [-0.1, -0.05) is 42.5 Å². The van der Waals surface area contributed by atoms with Gasteiger partial charge < -0.3 is 4.74 Å². The van der Waals surface area contributed by atoms with E-state index < -0.39 is 17.6 Å². The van der Waals surface area contributed by atoms with E-state index in [4.69, 9.17) is 4.74 Å². The number of methoxy groups -OCH3 is 1. The first kappa shape index (κ1) is 20.8. The van der Waals surface area contributed by atoms with Crippen molar-refractivity contribution in [2.24, 2.45) is 0 Å². The molecule has 1 heterocycles. The van der Waals surface area contributed by atoms with Gasteiger partial charge in [-0.25, -0.2) is 9.07 Å². The van der Waals surface area contributed by atoms with Crippen molar-refractivity contribution in [1.82, 2.24) is 20.6 Å². The van der Waals surface area contributed by atoms with Gasteiger partial charge in [-0.2, -0.15) is 5.10 Å². The molecule has 160 valence electrons. The fraction of sp³-hybridized carbons (Fsp3) is 0.0417. The van der Waals surface area contributed by atoms with Crippen LogP contribution in [0.4, 0.5) is 4.39 Å². The minimum atomic E-state index is -0.769. The summed E-state index contributed by atoms with van der Waals surface area (Å²) in [5, 5.41) is 4.57. The highest BCUT2D eigenvalue weighted by atomic mass is 19.1. The maximum absolute atomic E-state index is 13.8. The minimum absolute atomic E-state index is 0.180. The van der Waals surface area contributed by atoms with E-state index in [1.807, 2.05) is 30.3 Å². The summed E-state index contributed by atoms with van der Waals surface area (Å²) in [6.07, 6.45) is 1.56. The zero-order valence-electron chi connectivity index (χ0n) is 17.1. The Morgan fingerprint density at radius 2 is 1.56 bits per heavy atom. The van der Waals surface area contributed by atoms with Gasteiger partial charge in [0, 0.05) is 11.8 Å². The molecule has 4 aromatic rings. The number of para-hydroxylation sites is 1. The summed E-state index contributed by atoms with van der Waals surface area (Å²) in [4.78, 5) is 25.2. The van der Waals surface area contributed by atoms with Crippen LogP contribution in [0.15, 0.2) is 85.1 Å². The molecular weight excluding hydrogens is 411 g/mol. The first-order chi connectivity index (χ1) is 15.6. The Hall–Kier alpha value is -4.46. The molecular formula is C24H19FN4O3. The largest absolute Gasteiger partial charge is 0.497 e. The number of hydrazine groups is 1. The van der Waals surface area contributed by atoms with Crippen molar-refractivity contribution in [3.05, 3.63) is 102 Å². The second-order valence-corrected chi connectivity index (χ2v) is 6.79. The van der Waals surface area contributed by atoms with Crippen LogP contribution in [-0.4, -0.2) is 28.7 Å². The summed E-state index contributed by atoms with van der Waals surface area (Å²) >= 11 is 0. The average Bonchev–Trinajstić information content (AvgIpc) is 3.29. The normalized spacial score (nSPS) is 10.4. The summed E-state index contributed by atoms with van der Waals surface area (Å²) in [6, 6.07) is 21.9. The number of ether oxygens (including phenoxy) is 1. The highest BCUT2D eigenvalue weighted by Gasteiger charge is 2.20. The highest BCUT2D eigenvalue weighted by Crippen LogP contribution is 2.27. The molecule has 0 saturated carbocycles. The van der Waals surface area contributed by atoms with E-state index in [1.165, 1.54) is 24.3 Å². The minimum Gasteiger partial charge on any atom is -0.497 e. The predicted molar refractivity (Wildman–Crippen MR) is 117 cm³/mol. The first-order valence-corrected chi connectivity index (χ1v) is 9.71. The molecule has 0 unspecified atom stereocenters. The van der Waals surface area contributed by atoms with Gasteiger partial charge in [-0.3, -0.25) is 20.4 Å². The second kappa shape index (κ2) is 9.13. The first-order valence-electron chi connectivity index (χ1n) is 9.71. The van der Waals surface area contributed by atoms with Crippen molar-refractivity contribution in [3.8, 4) is 22.7 Å². The topological polar surface area (TPSA) is 85.2 Å². The molecule has 0 aliphatic carbocycles. The second-order valence-electron chi connectivity index (χ2n) is 6.79. The van der Waals surface area contributed by atoms with Crippen LogP contribution < -0.4 is 15.6 Å². The quantitative estimate of drug-likeness (QED) is 0.472. The predicted octanol–water partition coefficient (Wildman–Crippen LogP) is 3.76. The van der Waals surface area contributed by atoms with Crippen LogP contribution in [-0.2, 0) is 0 Å². The molecule has 0 spiro atoms. The summed E-state index contributed by atoms with van der Waals surface area (Å²) in [7, 11) is 1.55. The number of carbonyl (C=O) groups is 2. The van der Waals surface area contributed by atoms with Gasteiger partial charge in [0.2, 0.25) is 0 Å². The highest BCUT2D eigenvalue weighted by molar-refractivity contribution is 6.02. The number of aromatic nitrogens is 2. The number of rotatable bonds is 5. The molecule has 1 aromatic heterocycles. The number of hydrogen-bond donors (Lipinski definition) is 2. The van der Waals surface area contributed by atoms with E-state index in [9.17, 15) is 14.0 Å². The molecule has 0 atom stereocenters. The third kappa shape index (κ3) is 4.34. The molecule has 2 N–H and O–H groups in total.